The number of pyridine rings is 1. The van der Waals surface area contributed by atoms with Crippen LogP contribution in [0.15, 0.2) is 73.1 Å². The quantitative estimate of drug-likeness (QED) is 0.198. The van der Waals surface area contributed by atoms with Gasteiger partial charge in [0.05, 0.1) is 35.6 Å². The molecule has 0 spiro atoms. The number of hydrogen-bond acceptors (Lipinski definition) is 6. The SMILES string of the molecule is O=C(OCCCCCCCCOc1ccc(N2C(=O)c3ccccc3C2=O)cc1)c1cccnc1. The molecule has 0 radical (unpaired) electrons. The van der Waals surface area contributed by atoms with Crippen LogP contribution in [-0.2, 0) is 4.74 Å². The van der Waals surface area contributed by atoms with Crippen LogP contribution < -0.4 is 9.64 Å². The highest BCUT2D eigenvalue weighted by Gasteiger charge is 2.36. The Morgan fingerprint density at radius 3 is 2.00 bits per heavy atom. The van der Waals surface area contributed by atoms with Crippen molar-refractivity contribution in [2.45, 2.75) is 38.5 Å². The van der Waals surface area contributed by atoms with E-state index in [-0.39, 0.29) is 17.8 Å². The number of amides is 2. The fourth-order valence-electron chi connectivity index (χ4n) is 3.95. The normalized spacial score (nSPS) is 12.5. The van der Waals surface area contributed by atoms with Crippen LogP contribution >= 0.6 is 0 Å². The molecular formula is C28H28N2O5. The third-order valence-electron chi connectivity index (χ3n) is 5.83. The molecule has 0 unspecified atom stereocenters. The molecule has 2 aromatic carbocycles. The van der Waals surface area contributed by atoms with E-state index in [4.69, 9.17) is 9.47 Å². The monoisotopic (exact) mass is 472 g/mol. The summed E-state index contributed by atoms with van der Waals surface area (Å²) >= 11 is 0. The van der Waals surface area contributed by atoms with Crippen LogP contribution in [0.5, 0.6) is 5.75 Å². The maximum Gasteiger partial charge on any atom is 0.339 e. The van der Waals surface area contributed by atoms with Crippen LogP contribution in [0, 0.1) is 0 Å². The van der Waals surface area contributed by atoms with E-state index in [2.05, 4.69) is 4.98 Å². The second kappa shape index (κ2) is 11.9. The summed E-state index contributed by atoms with van der Waals surface area (Å²) in [5.74, 6) is -0.218. The number of aromatic nitrogens is 1. The van der Waals surface area contributed by atoms with Gasteiger partial charge in [-0.1, -0.05) is 37.8 Å². The first-order valence-corrected chi connectivity index (χ1v) is 11.9. The first-order valence-electron chi connectivity index (χ1n) is 11.9. The van der Waals surface area contributed by atoms with Crippen LogP contribution in [0.2, 0.25) is 0 Å². The second-order valence-electron chi connectivity index (χ2n) is 8.33. The Morgan fingerprint density at radius 2 is 1.37 bits per heavy atom. The number of hydrogen-bond donors (Lipinski definition) is 0. The number of rotatable bonds is 12. The van der Waals surface area contributed by atoms with Gasteiger partial charge < -0.3 is 9.47 Å². The molecule has 180 valence electrons. The summed E-state index contributed by atoms with van der Waals surface area (Å²) in [6.07, 6.45) is 9.17. The Hall–Kier alpha value is -4.00. The lowest BCUT2D eigenvalue weighted by Gasteiger charge is -2.14. The van der Waals surface area contributed by atoms with E-state index >= 15 is 0 Å². The first kappa shape index (κ1) is 24.1. The molecule has 2 amide bonds. The number of unbranched alkanes of at least 4 members (excludes halogenated alkanes) is 5. The summed E-state index contributed by atoms with van der Waals surface area (Å²) in [5.41, 5.74) is 1.88. The minimum Gasteiger partial charge on any atom is -0.494 e. The molecule has 3 aromatic rings. The van der Waals surface area contributed by atoms with Gasteiger partial charge in [-0.15, -0.1) is 0 Å². The van der Waals surface area contributed by atoms with E-state index in [1.165, 1.54) is 11.1 Å². The summed E-state index contributed by atoms with van der Waals surface area (Å²) in [7, 11) is 0. The Morgan fingerprint density at radius 1 is 0.743 bits per heavy atom. The van der Waals surface area contributed by atoms with Crippen molar-refractivity contribution in [1.29, 1.82) is 0 Å². The van der Waals surface area contributed by atoms with Crippen LogP contribution in [0.25, 0.3) is 0 Å². The molecule has 0 aliphatic carbocycles. The largest absolute Gasteiger partial charge is 0.494 e. The predicted octanol–water partition coefficient (Wildman–Crippen LogP) is 5.46. The molecule has 2 heterocycles. The Labute approximate surface area is 204 Å². The highest BCUT2D eigenvalue weighted by molar-refractivity contribution is 6.34. The molecule has 0 fully saturated rings. The van der Waals surface area contributed by atoms with E-state index in [1.54, 1.807) is 66.9 Å². The number of carbonyl (C=O) groups is 3. The van der Waals surface area contributed by atoms with E-state index in [0.29, 0.717) is 41.3 Å². The standard InChI is InChI=1S/C28H28N2O5/c31-26-24-11-5-6-12-25(24)27(32)30(26)22-13-15-23(16-14-22)34-18-7-3-1-2-4-8-19-35-28(33)21-10-9-17-29-20-21/h5-6,9-17,20H,1-4,7-8,18-19H2. The summed E-state index contributed by atoms with van der Waals surface area (Å²) in [6.45, 7) is 1.03. The van der Waals surface area contributed by atoms with Gasteiger partial charge in [0.1, 0.15) is 5.75 Å². The Balaban J connectivity index is 1.08. The van der Waals surface area contributed by atoms with Crippen LogP contribution in [0.3, 0.4) is 0 Å². The topological polar surface area (TPSA) is 85.8 Å². The summed E-state index contributed by atoms with van der Waals surface area (Å²) < 4.78 is 11.1. The molecule has 7 heteroatoms. The smallest absolute Gasteiger partial charge is 0.339 e. The molecular weight excluding hydrogens is 444 g/mol. The number of fused-ring (bicyclic) bond motifs is 1. The van der Waals surface area contributed by atoms with Crippen LogP contribution in [0.4, 0.5) is 5.69 Å². The summed E-state index contributed by atoms with van der Waals surface area (Å²) in [4.78, 5) is 42.1. The van der Waals surface area contributed by atoms with Crippen LogP contribution in [-0.4, -0.2) is 36.0 Å². The number of ether oxygens (including phenoxy) is 2. The molecule has 1 aliphatic heterocycles. The van der Waals surface area contributed by atoms with Gasteiger partial charge in [0.25, 0.3) is 11.8 Å². The zero-order valence-electron chi connectivity index (χ0n) is 19.5. The zero-order chi connectivity index (χ0) is 24.5. The fraction of sp³-hybridized carbons (Fsp3) is 0.286. The predicted molar refractivity (Wildman–Crippen MR) is 132 cm³/mol. The average Bonchev–Trinajstić information content (AvgIpc) is 3.15. The third kappa shape index (κ3) is 6.12. The van der Waals surface area contributed by atoms with Crippen molar-refractivity contribution in [3.05, 3.63) is 89.7 Å². The molecule has 7 nitrogen and oxygen atoms in total. The van der Waals surface area contributed by atoms with Crippen molar-refractivity contribution < 1.29 is 23.9 Å². The highest BCUT2D eigenvalue weighted by atomic mass is 16.5. The Bertz CT molecular complexity index is 1130. The first-order chi connectivity index (χ1) is 17.1. The van der Waals surface area contributed by atoms with Gasteiger partial charge in [0.2, 0.25) is 0 Å². The van der Waals surface area contributed by atoms with E-state index < -0.39 is 0 Å². The summed E-state index contributed by atoms with van der Waals surface area (Å²) in [6, 6.07) is 17.3. The van der Waals surface area contributed by atoms with Gasteiger partial charge in [0, 0.05) is 12.4 Å². The molecule has 0 N–H and O–H groups in total. The van der Waals surface area contributed by atoms with Crippen molar-refractivity contribution in [2.75, 3.05) is 18.1 Å². The average molecular weight is 473 g/mol. The molecule has 0 saturated heterocycles. The molecule has 0 atom stereocenters. The third-order valence-corrected chi connectivity index (χ3v) is 5.83. The fourth-order valence-corrected chi connectivity index (χ4v) is 3.95. The molecule has 4 rings (SSSR count). The lowest BCUT2D eigenvalue weighted by atomic mass is 10.1. The lowest BCUT2D eigenvalue weighted by Crippen LogP contribution is -2.29. The van der Waals surface area contributed by atoms with Crippen LogP contribution in [0.1, 0.15) is 69.6 Å². The van der Waals surface area contributed by atoms with E-state index in [1.807, 2.05) is 0 Å². The van der Waals surface area contributed by atoms with Crippen molar-refractivity contribution in [3.8, 4) is 5.75 Å². The molecule has 0 bridgehead atoms. The number of benzene rings is 2. The van der Waals surface area contributed by atoms with Gasteiger partial charge >= 0.3 is 5.97 Å². The van der Waals surface area contributed by atoms with Crippen molar-refractivity contribution in [2.24, 2.45) is 0 Å². The van der Waals surface area contributed by atoms with E-state index in [9.17, 15) is 14.4 Å². The maximum absolute atomic E-state index is 12.6. The van der Waals surface area contributed by atoms with Gasteiger partial charge in [-0.3, -0.25) is 14.6 Å². The van der Waals surface area contributed by atoms with Gasteiger partial charge in [-0.05, 0) is 61.4 Å². The molecule has 0 saturated carbocycles. The van der Waals surface area contributed by atoms with Crippen molar-refractivity contribution >= 4 is 23.5 Å². The minimum absolute atomic E-state index is 0.300. The molecule has 1 aliphatic rings. The highest BCUT2D eigenvalue weighted by Crippen LogP contribution is 2.29. The number of nitrogens with zero attached hydrogens (tertiary/aromatic N) is 2. The Kier molecular flexibility index (Phi) is 8.22. The summed E-state index contributed by atoms with van der Waals surface area (Å²) in [5, 5.41) is 0. The van der Waals surface area contributed by atoms with Gasteiger partial charge in [-0.25, -0.2) is 9.69 Å². The number of anilines is 1. The maximum atomic E-state index is 12.6. The zero-order valence-corrected chi connectivity index (χ0v) is 19.5. The number of imide groups is 1. The lowest BCUT2D eigenvalue weighted by molar-refractivity contribution is 0.0497. The van der Waals surface area contributed by atoms with Gasteiger partial charge in [-0.2, -0.15) is 0 Å². The van der Waals surface area contributed by atoms with Crippen molar-refractivity contribution in [3.63, 3.8) is 0 Å². The molecule has 1 aromatic heterocycles. The minimum atomic E-state index is -0.327. The molecule has 35 heavy (non-hydrogen) atoms. The number of carbonyl (C=O) groups excluding carboxylic acids is 3. The second-order valence-corrected chi connectivity index (χ2v) is 8.33. The van der Waals surface area contributed by atoms with Gasteiger partial charge in [0.15, 0.2) is 0 Å². The number of esters is 1. The van der Waals surface area contributed by atoms with E-state index in [0.717, 1.165) is 38.5 Å². The van der Waals surface area contributed by atoms with Crippen molar-refractivity contribution in [1.82, 2.24) is 4.98 Å².